The summed E-state index contributed by atoms with van der Waals surface area (Å²) in [5, 5.41) is 10.6. The third-order valence-electron chi connectivity index (χ3n) is 4.83. The first-order valence-electron chi connectivity index (χ1n) is 9.99. The second-order valence-corrected chi connectivity index (χ2v) is 7.49. The summed E-state index contributed by atoms with van der Waals surface area (Å²) in [6.07, 6.45) is 1.42. The van der Waals surface area contributed by atoms with Crippen LogP contribution < -0.4 is 10.1 Å². The van der Waals surface area contributed by atoms with Gasteiger partial charge in [0, 0.05) is 5.56 Å². The molecule has 1 amide bonds. The molecule has 0 aliphatic heterocycles. The Morgan fingerprint density at radius 2 is 1.91 bits per heavy atom. The lowest BCUT2D eigenvalue weighted by Gasteiger charge is -2.08. The Bertz CT molecular complexity index is 1240. The van der Waals surface area contributed by atoms with Crippen molar-refractivity contribution in [2.45, 2.75) is 33.9 Å². The third kappa shape index (κ3) is 4.83. The van der Waals surface area contributed by atoms with Crippen LogP contribution in [0.5, 0.6) is 5.75 Å². The zero-order valence-electron chi connectivity index (χ0n) is 17.9. The number of nitrogens with zero attached hydrogens (tertiary/aromatic N) is 4. The first-order valence-corrected chi connectivity index (χ1v) is 9.99. The van der Waals surface area contributed by atoms with Gasteiger partial charge in [-0.3, -0.25) is 10.1 Å². The largest absolute Gasteiger partial charge is 0.489 e. The molecule has 1 N–H and O–H groups in total. The molecule has 0 saturated heterocycles. The molecule has 4 aromatic rings. The predicted molar refractivity (Wildman–Crippen MR) is 115 cm³/mol. The van der Waals surface area contributed by atoms with Gasteiger partial charge in [0.25, 0.3) is 5.91 Å². The van der Waals surface area contributed by atoms with E-state index in [0.29, 0.717) is 22.6 Å². The second-order valence-electron chi connectivity index (χ2n) is 7.49. The maximum absolute atomic E-state index is 13.8. The predicted octanol–water partition coefficient (Wildman–Crippen LogP) is 4.21. The van der Waals surface area contributed by atoms with Crippen LogP contribution in [0.3, 0.4) is 0 Å². The number of halogens is 1. The number of benzene rings is 2. The van der Waals surface area contributed by atoms with E-state index in [2.05, 4.69) is 26.6 Å². The number of amides is 1. The summed E-state index contributed by atoms with van der Waals surface area (Å²) in [6, 6.07) is 12.3. The number of carbonyl (C=O) groups is 1. The van der Waals surface area contributed by atoms with Crippen LogP contribution in [0.2, 0.25) is 0 Å². The Labute approximate surface area is 184 Å². The highest BCUT2D eigenvalue weighted by Crippen LogP contribution is 2.21. The number of carbonyl (C=O) groups excluding carboxylic acids is 1. The summed E-state index contributed by atoms with van der Waals surface area (Å²) in [4.78, 5) is 16.8. The molecular formula is C23H22FN5O3. The molecule has 0 radical (unpaired) electrons. The van der Waals surface area contributed by atoms with Gasteiger partial charge in [-0.2, -0.15) is 0 Å². The van der Waals surface area contributed by atoms with E-state index in [0.717, 1.165) is 11.1 Å². The summed E-state index contributed by atoms with van der Waals surface area (Å²) in [6.45, 7) is 6.00. The molecule has 32 heavy (non-hydrogen) atoms. The van der Waals surface area contributed by atoms with E-state index in [-0.39, 0.29) is 30.6 Å². The van der Waals surface area contributed by atoms with Crippen LogP contribution in [-0.4, -0.2) is 25.8 Å². The van der Waals surface area contributed by atoms with E-state index in [1.807, 2.05) is 26.0 Å². The lowest BCUT2D eigenvalue weighted by molar-refractivity contribution is 0.101. The summed E-state index contributed by atoms with van der Waals surface area (Å²) in [7, 11) is 0. The van der Waals surface area contributed by atoms with Crippen molar-refractivity contribution >= 4 is 11.9 Å². The van der Waals surface area contributed by atoms with Crippen LogP contribution in [0.15, 0.2) is 53.3 Å². The van der Waals surface area contributed by atoms with Crippen molar-refractivity contribution in [3.05, 3.63) is 88.3 Å². The fraction of sp³-hybridized carbons (Fsp3) is 0.217. The summed E-state index contributed by atoms with van der Waals surface area (Å²) in [5.74, 6) is 0.401. The lowest BCUT2D eigenvalue weighted by Crippen LogP contribution is -2.16. The molecule has 2 aromatic carbocycles. The minimum Gasteiger partial charge on any atom is -0.489 e. The van der Waals surface area contributed by atoms with Crippen molar-refractivity contribution in [3.8, 4) is 5.75 Å². The molecule has 0 saturated carbocycles. The summed E-state index contributed by atoms with van der Waals surface area (Å²) >= 11 is 0. The molecule has 0 aliphatic rings. The average Bonchev–Trinajstić information content (AvgIpc) is 3.33. The molecule has 2 heterocycles. The Morgan fingerprint density at radius 1 is 1.16 bits per heavy atom. The molecule has 0 aliphatic carbocycles. The highest BCUT2D eigenvalue weighted by molar-refractivity contribution is 6.02. The lowest BCUT2D eigenvalue weighted by atomic mass is 10.1. The fourth-order valence-corrected chi connectivity index (χ4v) is 3.30. The normalized spacial score (nSPS) is 10.9. The topological polar surface area (TPSA) is 95.1 Å². The SMILES string of the molecule is Cc1cc(C)cc(OCc2c(C(=O)Nc3ncn(Cc4ccccc4F)n3)noc2C)c1. The van der Waals surface area contributed by atoms with Crippen LogP contribution in [-0.2, 0) is 13.2 Å². The number of nitrogens with one attached hydrogen (secondary N) is 1. The van der Waals surface area contributed by atoms with Crippen molar-refractivity contribution < 1.29 is 18.4 Å². The van der Waals surface area contributed by atoms with Crippen molar-refractivity contribution in [3.63, 3.8) is 0 Å². The standard InChI is InChI=1S/C23H22FN5O3/c1-14-8-15(2)10-18(9-14)31-12-19-16(3)32-28-21(19)22(30)26-23-25-13-29(27-23)11-17-6-4-5-7-20(17)24/h4-10,13H,11-12H2,1-3H3,(H,26,27,30). The number of rotatable bonds is 7. The molecule has 0 unspecified atom stereocenters. The van der Waals surface area contributed by atoms with Gasteiger partial charge in [-0.25, -0.2) is 14.1 Å². The summed E-state index contributed by atoms with van der Waals surface area (Å²) < 4.78 is 26.3. The van der Waals surface area contributed by atoms with Crippen molar-refractivity contribution in [1.29, 1.82) is 0 Å². The molecule has 9 heteroatoms. The van der Waals surface area contributed by atoms with Gasteiger partial charge in [0.15, 0.2) is 5.69 Å². The Hall–Kier alpha value is -4.01. The van der Waals surface area contributed by atoms with E-state index in [1.165, 1.54) is 17.1 Å². The molecule has 0 atom stereocenters. The zero-order valence-corrected chi connectivity index (χ0v) is 17.9. The van der Waals surface area contributed by atoms with Gasteiger partial charge in [-0.05, 0) is 50.1 Å². The zero-order chi connectivity index (χ0) is 22.7. The third-order valence-corrected chi connectivity index (χ3v) is 4.83. The van der Waals surface area contributed by atoms with Crippen LogP contribution in [0, 0.1) is 26.6 Å². The number of ether oxygens (including phenoxy) is 1. The minimum atomic E-state index is -0.524. The smallest absolute Gasteiger partial charge is 0.280 e. The van der Waals surface area contributed by atoms with Crippen molar-refractivity contribution in [2.75, 3.05) is 5.32 Å². The van der Waals surface area contributed by atoms with Crippen LogP contribution >= 0.6 is 0 Å². The van der Waals surface area contributed by atoms with E-state index in [9.17, 15) is 9.18 Å². The molecule has 4 rings (SSSR count). The minimum absolute atomic E-state index is 0.0770. The quantitative estimate of drug-likeness (QED) is 0.467. The number of hydrogen-bond donors (Lipinski definition) is 1. The van der Waals surface area contributed by atoms with Gasteiger partial charge in [-0.15, -0.1) is 5.10 Å². The van der Waals surface area contributed by atoms with Gasteiger partial charge in [0.1, 0.15) is 30.3 Å². The molecule has 0 spiro atoms. The maximum Gasteiger partial charge on any atom is 0.280 e. The first kappa shape index (κ1) is 21.2. The molecule has 164 valence electrons. The van der Waals surface area contributed by atoms with Gasteiger partial charge in [0.2, 0.25) is 5.95 Å². The van der Waals surface area contributed by atoms with Crippen molar-refractivity contribution in [1.82, 2.24) is 19.9 Å². The Morgan fingerprint density at radius 3 is 2.66 bits per heavy atom. The van der Waals surface area contributed by atoms with Crippen molar-refractivity contribution in [2.24, 2.45) is 0 Å². The highest BCUT2D eigenvalue weighted by Gasteiger charge is 2.22. The highest BCUT2D eigenvalue weighted by atomic mass is 19.1. The van der Waals surface area contributed by atoms with Crippen LogP contribution in [0.1, 0.15) is 38.5 Å². The molecular weight excluding hydrogens is 413 g/mol. The summed E-state index contributed by atoms with van der Waals surface area (Å²) in [5.41, 5.74) is 3.26. The van der Waals surface area contributed by atoms with Gasteiger partial charge in [0.05, 0.1) is 12.1 Å². The number of aromatic nitrogens is 4. The number of aryl methyl sites for hydroxylation is 3. The number of anilines is 1. The van der Waals surface area contributed by atoms with E-state index >= 15 is 0 Å². The maximum atomic E-state index is 13.8. The van der Waals surface area contributed by atoms with Crippen LogP contribution in [0.4, 0.5) is 10.3 Å². The fourth-order valence-electron chi connectivity index (χ4n) is 3.30. The monoisotopic (exact) mass is 435 g/mol. The van der Waals surface area contributed by atoms with Gasteiger partial charge >= 0.3 is 0 Å². The first-order chi connectivity index (χ1) is 15.4. The molecule has 0 bridgehead atoms. The Balaban J connectivity index is 1.44. The van der Waals surface area contributed by atoms with E-state index in [4.69, 9.17) is 9.26 Å². The van der Waals surface area contributed by atoms with Gasteiger partial charge < -0.3 is 9.26 Å². The van der Waals surface area contributed by atoms with E-state index in [1.54, 1.807) is 25.1 Å². The average molecular weight is 435 g/mol. The molecule has 2 aromatic heterocycles. The van der Waals surface area contributed by atoms with Gasteiger partial charge in [-0.1, -0.05) is 29.4 Å². The number of hydrogen-bond acceptors (Lipinski definition) is 6. The molecule has 8 nitrogen and oxygen atoms in total. The second kappa shape index (κ2) is 9.01. The molecule has 0 fully saturated rings. The van der Waals surface area contributed by atoms with E-state index < -0.39 is 5.91 Å². The van der Waals surface area contributed by atoms with Crippen LogP contribution in [0.25, 0.3) is 0 Å². The Kier molecular flexibility index (Phi) is 5.98.